The Morgan fingerprint density at radius 2 is 2.08 bits per heavy atom. The van der Waals surface area contributed by atoms with Gasteiger partial charge in [0.2, 0.25) is 5.91 Å². The van der Waals surface area contributed by atoms with Gasteiger partial charge >= 0.3 is 11.7 Å². The van der Waals surface area contributed by atoms with Crippen LogP contribution in [0.25, 0.3) is 0 Å². The van der Waals surface area contributed by atoms with Crippen molar-refractivity contribution in [1.29, 1.82) is 5.26 Å². The van der Waals surface area contributed by atoms with Crippen molar-refractivity contribution in [3.63, 3.8) is 0 Å². The molecule has 1 aliphatic heterocycles. The Labute approximate surface area is 137 Å². The van der Waals surface area contributed by atoms with Crippen LogP contribution in [0.4, 0.5) is 4.79 Å². The lowest BCUT2D eigenvalue weighted by molar-refractivity contribution is -0.120. The summed E-state index contributed by atoms with van der Waals surface area (Å²) in [7, 11) is 0. The van der Waals surface area contributed by atoms with Crippen LogP contribution < -0.4 is 21.9 Å². The summed E-state index contributed by atoms with van der Waals surface area (Å²) in [6.45, 7) is 2.19. The van der Waals surface area contributed by atoms with Crippen molar-refractivity contribution in [2.75, 3.05) is 6.54 Å². The predicted molar refractivity (Wildman–Crippen MR) is 84.4 cm³/mol. The first-order valence-electron chi connectivity index (χ1n) is 7.83. The number of nitriles is 1. The van der Waals surface area contributed by atoms with Gasteiger partial charge in [-0.05, 0) is 19.3 Å². The van der Waals surface area contributed by atoms with Crippen LogP contribution in [0, 0.1) is 11.3 Å². The average molecular weight is 333 g/mol. The molecule has 0 saturated heterocycles. The third-order valence-electron chi connectivity index (χ3n) is 3.81. The number of carbonyl (C=O) groups is 2. The second kappa shape index (κ2) is 7.59. The Hall–Kier alpha value is -2.89. The number of rotatable bonds is 5. The molecule has 2 N–H and O–H groups in total. The van der Waals surface area contributed by atoms with Gasteiger partial charge in [-0.15, -0.1) is 0 Å². The molecule has 0 radical (unpaired) electrons. The highest BCUT2D eigenvalue weighted by Gasteiger charge is 2.23. The lowest BCUT2D eigenvalue weighted by atomic mass is 10.2. The zero-order chi connectivity index (χ0) is 17.7. The summed E-state index contributed by atoms with van der Waals surface area (Å²) in [6.07, 6.45) is 2.82. The van der Waals surface area contributed by atoms with Crippen molar-refractivity contribution in [1.82, 2.24) is 19.8 Å². The Balaban J connectivity index is 2.18. The smallest absolute Gasteiger partial charge is 0.331 e. The first-order chi connectivity index (χ1) is 11.5. The Kier molecular flexibility index (Phi) is 5.52. The Bertz CT molecular complexity index is 815. The van der Waals surface area contributed by atoms with Crippen molar-refractivity contribution >= 4 is 11.9 Å². The van der Waals surface area contributed by atoms with Gasteiger partial charge in [-0.2, -0.15) is 5.26 Å². The second-order valence-corrected chi connectivity index (χ2v) is 5.52. The molecule has 3 amide bonds. The second-order valence-electron chi connectivity index (χ2n) is 5.52. The third kappa shape index (κ3) is 3.53. The van der Waals surface area contributed by atoms with Gasteiger partial charge in [0.15, 0.2) is 0 Å². The molecule has 0 saturated carbocycles. The van der Waals surface area contributed by atoms with E-state index in [9.17, 15) is 19.2 Å². The molecule has 0 spiro atoms. The van der Waals surface area contributed by atoms with Crippen LogP contribution in [0.5, 0.6) is 0 Å². The van der Waals surface area contributed by atoms with Gasteiger partial charge in [-0.3, -0.25) is 19.5 Å². The maximum Gasteiger partial charge on any atom is 0.331 e. The fourth-order valence-corrected chi connectivity index (χ4v) is 2.62. The molecule has 1 aromatic rings. The van der Waals surface area contributed by atoms with E-state index in [1.54, 1.807) is 0 Å². The number of hydrogen-bond acceptors (Lipinski definition) is 5. The summed E-state index contributed by atoms with van der Waals surface area (Å²) in [5.74, 6) is -0.786. The normalized spacial score (nSPS) is 12.3. The molecule has 0 fully saturated rings. The van der Waals surface area contributed by atoms with Crippen LogP contribution in [-0.4, -0.2) is 27.6 Å². The summed E-state index contributed by atoms with van der Waals surface area (Å²) in [5, 5.41) is 13.7. The van der Waals surface area contributed by atoms with Crippen LogP contribution in [0.15, 0.2) is 9.59 Å². The van der Waals surface area contributed by atoms with E-state index in [2.05, 4.69) is 10.6 Å². The molecule has 0 unspecified atom stereocenters. The number of unbranched alkanes of at least 4 members (excludes halogenated alkanes) is 1. The number of nitrogens with zero attached hydrogens (tertiary/aromatic N) is 3. The van der Waals surface area contributed by atoms with E-state index in [1.165, 1.54) is 4.57 Å². The number of amides is 3. The average Bonchev–Trinajstić information content (AvgIpc) is 3.01. The van der Waals surface area contributed by atoms with E-state index in [4.69, 9.17) is 5.26 Å². The number of aromatic nitrogens is 2. The third-order valence-corrected chi connectivity index (χ3v) is 3.81. The molecule has 1 aliphatic rings. The molecule has 2 rings (SSSR count). The van der Waals surface area contributed by atoms with Crippen molar-refractivity contribution < 1.29 is 9.59 Å². The predicted octanol–water partition coefficient (Wildman–Crippen LogP) is -0.546. The number of hydrogen-bond donors (Lipinski definition) is 2. The van der Waals surface area contributed by atoms with Crippen LogP contribution in [-0.2, 0) is 24.3 Å². The lowest BCUT2D eigenvalue weighted by Crippen LogP contribution is -2.47. The van der Waals surface area contributed by atoms with Gasteiger partial charge in [-0.25, -0.2) is 14.2 Å². The molecule has 9 nitrogen and oxygen atoms in total. The minimum atomic E-state index is -0.794. The SMILES string of the molecule is CCCCNC(=O)NC(=O)Cn1c(=O)c(C#N)c2n(c1=O)CCC2. The van der Waals surface area contributed by atoms with Gasteiger partial charge < -0.3 is 5.32 Å². The summed E-state index contributed by atoms with van der Waals surface area (Å²) >= 11 is 0. The monoisotopic (exact) mass is 333 g/mol. The van der Waals surface area contributed by atoms with Gasteiger partial charge in [0.05, 0.1) is 0 Å². The number of nitrogens with one attached hydrogen (secondary N) is 2. The maximum absolute atomic E-state index is 12.3. The summed E-state index contributed by atoms with van der Waals surface area (Å²) < 4.78 is 2.04. The highest BCUT2D eigenvalue weighted by molar-refractivity contribution is 5.94. The molecule has 2 heterocycles. The van der Waals surface area contributed by atoms with E-state index in [0.717, 1.165) is 12.8 Å². The van der Waals surface area contributed by atoms with E-state index < -0.39 is 29.7 Å². The fourth-order valence-electron chi connectivity index (χ4n) is 2.62. The van der Waals surface area contributed by atoms with Crippen LogP contribution >= 0.6 is 0 Å². The topological polar surface area (TPSA) is 126 Å². The largest absolute Gasteiger partial charge is 0.338 e. The standard InChI is InChI=1S/C15H19N5O4/c1-2-3-6-17-14(23)18-12(21)9-20-13(22)10(8-16)11-5-4-7-19(11)15(20)24/h2-7,9H2,1H3,(H2,17,18,21,23). The van der Waals surface area contributed by atoms with Crippen molar-refractivity contribution in [2.45, 2.75) is 45.7 Å². The molecule has 24 heavy (non-hydrogen) atoms. The van der Waals surface area contributed by atoms with Crippen molar-refractivity contribution in [3.8, 4) is 6.07 Å². The molecule has 9 heteroatoms. The zero-order valence-corrected chi connectivity index (χ0v) is 13.4. The first kappa shape index (κ1) is 17.5. The summed E-state index contributed by atoms with van der Waals surface area (Å²) in [6, 6.07) is 1.13. The fraction of sp³-hybridized carbons (Fsp3) is 0.533. The van der Waals surface area contributed by atoms with Crippen LogP contribution in [0.3, 0.4) is 0 Å². The quantitative estimate of drug-likeness (QED) is 0.699. The number of carbonyl (C=O) groups excluding carboxylic acids is 2. The minimum absolute atomic E-state index is 0.118. The molecule has 0 bridgehead atoms. The number of imide groups is 1. The summed E-state index contributed by atoms with van der Waals surface area (Å²) in [5.41, 5.74) is -1.13. The molecular weight excluding hydrogens is 314 g/mol. The minimum Gasteiger partial charge on any atom is -0.338 e. The van der Waals surface area contributed by atoms with Gasteiger partial charge in [0.1, 0.15) is 18.2 Å². The van der Waals surface area contributed by atoms with Crippen molar-refractivity contribution in [3.05, 3.63) is 32.1 Å². The maximum atomic E-state index is 12.3. The van der Waals surface area contributed by atoms with Crippen LogP contribution in [0.2, 0.25) is 0 Å². The number of fused-ring (bicyclic) bond motifs is 1. The molecule has 128 valence electrons. The van der Waals surface area contributed by atoms with E-state index >= 15 is 0 Å². The highest BCUT2D eigenvalue weighted by Crippen LogP contribution is 2.12. The van der Waals surface area contributed by atoms with E-state index in [-0.39, 0.29) is 5.56 Å². The molecular formula is C15H19N5O4. The van der Waals surface area contributed by atoms with Gasteiger partial charge in [0, 0.05) is 18.8 Å². The first-order valence-corrected chi connectivity index (χ1v) is 7.83. The zero-order valence-electron chi connectivity index (χ0n) is 13.4. The Morgan fingerprint density at radius 3 is 2.75 bits per heavy atom. The molecule has 1 aromatic heterocycles. The van der Waals surface area contributed by atoms with Gasteiger partial charge in [0.25, 0.3) is 5.56 Å². The molecule has 0 atom stereocenters. The van der Waals surface area contributed by atoms with Crippen LogP contribution in [0.1, 0.15) is 37.4 Å². The highest BCUT2D eigenvalue weighted by atomic mass is 16.2. The van der Waals surface area contributed by atoms with E-state index in [1.807, 2.05) is 13.0 Å². The molecule has 0 aromatic carbocycles. The number of urea groups is 1. The molecule has 0 aliphatic carbocycles. The Morgan fingerprint density at radius 1 is 1.33 bits per heavy atom. The van der Waals surface area contributed by atoms with Crippen molar-refractivity contribution in [2.24, 2.45) is 0 Å². The summed E-state index contributed by atoms with van der Waals surface area (Å²) in [4.78, 5) is 48.0. The van der Waals surface area contributed by atoms with Gasteiger partial charge in [-0.1, -0.05) is 13.3 Å². The van der Waals surface area contributed by atoms with E-state index in [0.29, 0.717) is 36.2 Å². The lowest BCUT2D eigenvalue weighted by Gasteiger charge is -2.11.